The summed E-state index contributed by atoms with van der Waals surface area (Å²) < 4.78 is 49.9. The van der Waals surface area contributed by atoms with Crippen molar-refractivity contribution in [1.29, 1.82) is 0 Å². The molecule has 2 atom stereocenters. The maximum Gasteiger partial charge on any atom is 0.394 e. The van der Waals surface area contributed by atoms with Gasteiger partial charge >= 0.3 is 12.1 Å². The van der Waals surface area contributed by atoms with Gasteiger partial charge in [-0.1, -0.05) is 0 Å². The Morgan fingerprint density at radius 3 is 2.35 bits per heavy atom. The van der Waals surface area contributed by atoms with Crippen LogP contribution in [0.4, 0.5) is 13.2 Å². The molecule has 26 heavy (non-hydrogen) atoms. The van der Waals surface area contributed by atoms with Crippen molar-refractivity contribution in [2.75, 3.05) is 20.2 Å². The van der Waals surface area contributed by atoms with Crippen molar-refractivity contribution in [1.82, 2.24) is 4.90 Å². The molecule has 0 aromatic heterocycles. The summed E-state index contributed by atoms with van der Waals surface area (Å²) in [5, 5.41) is 9.05. The van der Waals surface area contributed by atoms with E-state index in [1.165, 1.54) is 25.3 Å². The number of hydrogen-bond donors (Lipinski definition) is 1. The average Bonchev–Trinajstić information content (AvgIpc) is 3.00. The van der Waals surface area contributed by atoms with Gasteiger partial charge in [0.25, 0.3) is 5.91 Å². The largest absolute Gasteiger partial charge is 0.493 e. The van der Waals surface area contributed by atoms with Gasteiger partial charge in [0.1, 0.15) is 0 Å². The fraction of sp³-hybridized carbons (Fsp3) is 0.529. The molecule has 1 aromatic carbocycles. The number of alkyl halides is 3. The minimum absolute atomic E-state index is 0.102. The number of carboxylic acids is 1. The smallest absolute Gasteiger partial charge is 0.394 e. The maximum atomic E-state index is 13.1. The predicted octanol–water partition coefficient (Wildman–Crippen LogP) is 2.82. The SMILES string of the molecule is COc1cc(C(=O)N2C[C@@H](C(F)(F)F)[C@H](C(=O)O)C2)ccc1OC(C)C. The summed E-state index contributed by atoms with van der Waals surface area (Å²) in [6.07, 6.45) is -4.82. The van der Waals surface area contributed by atoms with Crippen LogP contribution in [-0.4, -0.2) is 54.4 Å². The van der Waals surface area contributed by atoms with Crippen LogP contribution in [0.15, 0.2) is 18.2 Å². The lowest BCUT2D eigenvalue weighted by atomic mass is 9.96. The molecule has 144 valence electrons. The quantitative estimate of drug-likeness (QED) is 0.857. The molecule has 1 amide bonds. The molecule has 1 N–H and O–H groups in total. The molecule has 1 heterocycles. The zero-order valence-electron chi connectivity index (χ0n) is 14.5. The highest BCUT2D eigenvalue weighted by Crippen LogP contribution is 2.38. The third kappa shape index (κ3) is 4.20. The number of halogens is 3. The fourth-order valence-corrected chi connectivity index (χ4v) is 2.89. The van der Waals surface area contributed by atoms with Crippen LogP contribution < -0.4 is 9.47 Å². The number of nitrogens with zero attached hydrogens (tertiary/aromatic N) is 1. The van der Waals surface area contributed by atoms with Crippen LogP contribution in [0.5, 0.6) is 11.5 Å². The fourth-order valence-electron chi connectivity index (χ4n) is 2.89. The zero-order valence-corrected chi connectivity index (χ0v) is 14.5. The standard InChI is InChI=1S/C17H20F3NO5/c1-9(2)26-13-5-4-10(6-14(13)25-3)15(22)21-7-11(16(23)24)12(8-21)17(18,19)20/h4-6,9,11-12H,7-8H2,1-3H3,(H,23,24)/t11-,12-/m1/s1. The van der Waals surface area contributed by atoms with Crippen LogP contribution >= 0.6 is 0 Å². The van der Waals surface area contributed by atoms with Gasteiger partial charge < -0.3 is 19.5 Å². The van der Waals surface area contributed by atoms with Gasteiger partial charge in [-0.2, -0.15) is 13.2 Å². The van der Waals surface area contributed by atoms with Crippen molar-refractivity contribution in [2.45, 2.75) is 26.1 Å². The van der Waals surface area contributed by atoms with Crippen molar-refractivity contribution < 1.29 is 37.3 Å². The van der Waals surface area contributed by atoms with Crippen LogP contribution in [-0.2, 0) is 4.79 Å². The van der Waals surface area contributed by atoms with E-state index in [2.05, 4.69) is 0 Å². The van der Waals surface area contributed by atoms with Crippen molar-refractivity contribution in [3.63, 3.8) is 0 Å². The molecular formula is C17H20F3NO5. The first kappa shape index (κ1) is 19.9. The predicted molar refractivity (Wildman–Crippen MR) is 85.3 cm³/mol. The van der Waals surface area contributed by atoms with Crippen LogP contribution in [0, 0.1) is 11.8 Å². The summed E-state index contributed by atoms with van der Waals surface area (Å²) in [6, 6.07) is 4.29. The van der Waals surface area contributed by atoms with Gasteiger partial charge in [0.15, 0.2) is 11.5 Å². The normalized spacial score (nSPS) is 20.3. The van der Waals surface area contributed by atoms with Crippen LogP contribution in [0.2, 0.25) is 0 Å². The average molecular weight is 375 g/mol. The second kappa shape index (κ2) is 7.43. The van der Waals surface area contributed by atoms with E-state index in [4.69, 9.17) is 14.6 Å². The summed E-state index contributed by atoms with van der Waals surface area (Å²) in [5.74, 6) is -5.35. The second-order valence-electron chi connectivity index (χ2n) is 6.34. The van der Waals surface area contributed by atoms with E-state index in [-0.39, 0.29) is 17.4 Å². The first-order valence-corrected chi connectivity index (χ1v) is 7.98. The Balaban J connectivity index is 2.25. The summed E-state index contributed by atoms with van der Waals surface area (Å²) in [6.45, 7) is 2.44. The molecule has 1 saturated heterocycles. The third-order valence-corrected chi connectivity index (χ3v) is 4.12. The summed E-state index contributed by atoms with van der Waals surface area (Å²) in [4.78, 5) is 24.6. The molecule has 0 bridgehead atoms. The highest BCUT2D eigenvalue weighted by molar-refractivity contribution is 5.95. The Bertz CT molecular complexity index is 689. The Morgan fingerprint density at radius 1 is 1.23 bits per heavy atom. The Kier molecular flexibility index (Phi) is 5.68. The van der Waals surface area contributed by atoms with Crippen molar-refractivity contribution >= 4 is 11.9 Å². The zero-order chi connectivity index (χ0) is 19.6. The van der Waals surface area contributed by atoms with Gasteiger partial charge in [-0.25, -0.2) is 0 Å². The number of amides is 1. The van der Waals surface area contributed by atoms with E-state index < -0.39 is 43.0 Å². The highest BCUT2D eigenvalue weighted by Gasteiger charge is 2.53. The molecule has 1 aliphatic rings. The number of carbonyl (C=O) groups excluding carboxylic acids is 1. The molecule has 0 aliphatic carbocycles. The molecule has 9 heteroatoms. The number of carboxylic acid groups (broad SMARTS) is 1. The van der Waals surface area contributed by atoms with E-state index >= 15 is 0 Å². The molecule has 1 fully saturated rings. The Labute approximate surface area is 148 Å². The van der Waals surface area contributed by atoms with Crippen molar-refractivity contribution in [2.24, 2.45) is 11.8 Å². The van der Waals surface area contributed by atoms with Gasteiger partial charge in [-0.15, -0.1) is 0 Å². The minimum Gasteiger partial charge on any atom is -0.493 e. The Morgan fingerprint density at radius 2 is 1.88 bits per heavy atom. The first-order chi connectivity index (χ1) is 12.0. The number of rotatable bonds is 5. The number of benzene rings is 1. The summed E-state index contributed by atoms with van der Waals surface area (Å²) in [5.41, 5.74) is 0.102. The molecule has 0 saturated carbocycles. The van der Waals surface area contributed by atoms with Gasteiger partial charge in [0.05, 0.1) is 25.0 Å². The van der Waals surface area contributed by atoms with Gasteiger partial charge in [-0.05, 0) is 32.0 Å². The molecular weight excluding hydrogens is 355 g/mol. The molecule has 2 rings (SSSR count). The van der Waals surface area contributed by atoms with Crippen molar-refractivity contribution in [3.05, 3.63) is 23.8 Å². The molecule has 1 aliphatic heterocycles. The van der Waals surface area contributed by atoms with E-state index in [1.807, 2.05) is 13.8 Å². The van der Waals surface area contributed by atoms with Gasteiger partial charge in [-0.3, -0.25) is 9.59 Å². The molecule has 1 aromatic rings. The summed E-state index contributed by atoms with van der Waals surface area (Å²) in [7, 11) is 1.38. The highest BCUT2D eigenvalue weighted by atomic mass is 19.4. The van der Waals surface area contributed by atoms with Crippen LogP contribution in [0.3, 0.4) is 0 Å². The Hall–Kier alpha value is -2.45. The monoisotopic (exact) mass is 375 g/mol. The van der Waals surface area contributed by atoms with E-state index in [0.717, 1.165) is 4.90 Å². The number of hydrogen-bond acceptors (Lipinski definition) is 4. The van der Waals surface area contributed by atoms with Crippen molar-refractivity contribution in [3.8, 4) is 11.5 Å². The molecule has 0 radical (unpaired) electrons. The topological polar surface area (TPSA) is 76.1 Å². The van der Waals surface area contributed by atoms with Gasteiger partial charge in [0.2, 0.25) is 0 Å². The number of methoxy groups -OCH3 is 1. The number of likely N-dealkylation sites (tertiary alicyclic amines) is 1. The molecule has 0 unspecified atom stereocenters. The maximum absolute atomic E-state index is 13.1. The lowest BCUT2D eigenvalue weighted by Crippen LogP contribution is -2.34. The lowest BCUT2D eigenvalue weighted by Gasteiger charge is -2.19. The van der Waals surface area contributed by atoms with Crippen LogP contribution in [0.25, 0.3) is 0 Å². The number of aliphatic carboxylic acids is 1. The summed E-state index contributed by atoms with van der Waals surface area (Å²) >= 11 is 0. The van der Waals surface area contributed by atoms with E-state index in [9.17, 15) is 22.8 Å². The molecule has 6 nitrogen and oxygen atoms in total. The second-order valence-corrected chi connectivity index (χ2v) is 6.34. The number of carbonyl (C=O) groups is 2. The van der Waals surface area contributed by atoms with Gasteiger partial charge in [0, 0.05) is 18.7 Å². The van der Waals surface area contributed by atoms with E-state index in [0.29, 0.717) is 5.75 Å². The minimum atomic E-state index is -4.69. The van der Waals surface area contributed by atoms with E-state index in [1.54, 1.807) is 0 Å². The number of ether oxygens (including phenoxy) is 2. The molecule has 0 spiro atoms. The first-order valence-electron chi connectivity index (χ1n) is 7.98. The van der Waals surface area contributed by atoms with Crippen LogP contribution in [0.1, 0.15) is 24.2 Å². The lowest BCUT2D eigenvalue weighted by molar-refractivity contribution is -0.187. The third-order valence-electron chi connectivity index (χ3n) is 4.12.